The smallest absolute Gasteiger partial charge is 0.257 e. The second-order valence-corrected chi connectivity index (χ2v) is 5.83. The quantitative estimate of drug-likeness (QED) is 0.917. The Morgan fingerprint density at radius 3 is 2.48 bits per heavy atom. The highest BCUT2D eigenvalue weighted by Crippen LogP contribution is 2.27. The molecule has 4 nitrogen and oxygen atoms in total. The zero-order chi connectivity index (χ0) is 16.4. The first-order valence-corrected chi connectivity index (χ1v) is 7.71. The SMILES string of the molecule is O=C(c1cc(Cl)ccc1F)N1CCN(c2ccccc2O)CC1. The number of anilines is 1. The van der Waals surface area contributed by atoms with Crippen LogP contribution in [0.5, 0.6) is 5.75 Å². The number of phenolic OH excluding ortho intramolecular Hbond substituents is 1. The maximum atomic E-state index is 13.8. The highest BCUT2D eigenvalue weighted by atomic mass is 35.5. The third-order valence-corrected chi connectivity index (χ3v) is 4.18. The molecule has 0 saturated carbocycles. The summed E-state index contributed by atoms with van der Waals surface area (Å²) in [5, 5.41) is 10.2. The number of para-hydroxylation sites is 2. The molecule has 23 heavy (non-hydrogen) atoms. The fraction of sp³-hybridized carbons (Fsp3) is 0.235. The first-order chi connectivity index (χ1) is 11.1. The molecule has 120 valence electrons. The van der Waals surface area contributed by atoms with E-state index in [2.05, 4.69) is 0 Å². The first kappa shape index (κ1) is 15.6. The average molecular weight is 335 g/mol. The molecule has 0 aromatic heterocycles. The summed E-state index contributed by atoms with van der Waals surface area (Å²) >= 11 is 5.85. The summed E-state index contributed by atoms with van der Waals surface area (Å²) in [5.41, 5.74) is 0.738. The Morgan fingerprint density at radius 2 is 1.78 bits per heavy atom. The van der Waals surface area contributed by atoms with Gasteiger partial charge in [0.15, 0.2) is 0 Å². The van der Waals surface area contributed by atoms with Crippen LogP contribution in [-0.2, 0) is 0 Å². The number of nitrogens with zero attached hydrogens (tertiary/aromatic N) is 2. The van der Waals surface area contributed by atoms with Crippen molar-refractivity contribution in [3.05, 3.63) is 58.9 Å². The second-order valence-electron chi connectivity index (χ2n) is 5.39. The molecule has 0 atom stereocenters. The Balaban J connectivity index is 1.70. The van der Waals surface area contributed by atoms with Crippen LogP contribution in [-0.4, -0.2) is 42.1 Å². The number of rotatable bonds is 2. The fourth-order valence-corrected chi connectivity index (χ4v) is 2.89. The topological polar surface area (TPSA) is 43.8 Å². The van der Waals surface area contributed by atoms with Crippen molar-refractivity contribution in [1.82, 2.24) is 4.90 Å². The zero-order valence-corrected chi connectivity index (χ0v) is 13.1. The van der Waals surface area contributed by atoms with E-state index in [1.807, 2.05) is 17.0 Å². The molecule has 1 amide bonds. The maximum Gasteiger partial charge on any atom is 0.257 e. The maximum absolute atomic E-state index is 13.8. The highest BCUT2D eigenvalue weighted by Gasteiger charge is 2.25. The summed E-state index contributed by atoms with van der Waals surface area (Å²) in [7, 11) is 0. The van der Waals surface area contributed by atoms with Gasteiger partial charge in [-0.3, -0.25) is 4.79 Å². The lowest BCUT2D eigenvalue weighted by atomic mass is 10.1. The molecule has 0 aliphatic carbocycles. The minimum absolute atomic E-state index is 0.00601. The van der Waals surface area contributed by atoms with E-state index in [4.69, 9.17) is 11.6 Å². The van der Waals surface area contributed by atoms with Crippen molar-refractivity contribution in [2.24, 2.45) is 0 Å². The number of hydrogen-bond acceptors (Lipinski definition) is 3. The van der Waals surface area contributed by atoms with Gasteiger partial charge in [0.25, 0.3) is 5.91 Å². The molecule has 0 bridgehead atoms. The van der Waals surface area contributed by atoms with Gasteiger partial charge in [0.1, 0.15) is 11.6 Å². The molecule has 2 aromatic carbocycles. The molecular weight excluding hydrogens is 319 g/mol. The first-order valence-electron chi connectivity index (χ1n) is 7.33. The van der Waals surface area contributed by atoms with E-state index in [0.717, 1.165) is 5.69 Å². The van der Waals surface area contributed by atoms with Crippen LogP contribution in [0.4, 0.5) is 10.1 Å². The minimum Gasteiger partial charge on any atom is -0.506 e. The van der Waals surface area contributed by atoms with Crippen LogP contribution in [0.15, 0.2) is 42.5 Å². The van der Waals surface area contributed by atoms with E-state index in [9.17, 15) is 14.3 Å². The van der Waals surface area contributed by atoms with Crippen LogP contribution in [0.25, 0.3) is 0 Å². The molecule has 2 aromatic rings. The summed E-state index contributed by atoms with van der Waals surface area (Å²) in [5.74, 6) is -0.711. The third-order valence-electron chi connectivity index (χ3n) is 3.95. The van der Waals surface area contributed by atoms with E-state index >= 15 is 0 Å². The Bertz CT molecular complexity index is 730. The van der Waals surface area contributed by atoms with Gasteiger partial charge in [-0.2, -0.15) is 0 Å². The van der Waals surface area contributed by atoms with Gasteiger partial charge >= 0.3 is 0 Å². The summed E-state index contributed by atoms with van der Waals surface area (Å²) in [4.78, 5) is 16.1. The number of carbonyl (C=O) groups is 1. The van der Waals surface area contributed by atoms with Gasteiger partial charge in [-0.15, -0.1) is 0 Å². The van der Waals surface area contributed by atoms with Crippen molar-refractivity contribution in [3.63, 3.8) is 0 Å². The van der Waals surface area contributed by atoms with Gasteiger partial charge in [0.05, 0.1) is 11.3 Å². The predicted molar refractivity (Wildman–Crippen MR) is 87.6 cm³/mol. The number of piperazine rings is 1. The Hall–Kier alpha value is -2.27. The predicted octanol–water partition coefficient (Wildman–Crippen LogP) is 3.15. The van der Waals surface area contributed by atoms with Gasteiger partial charge in [0.2, 0.25) is 0 Å². The van der Waals surface area contributed by atoms with Crippen LogP contribution >= 0.6 is 11.6 Å². The lowest BCUT2D eigenvalue weighted by Crippen LogP contribution is -2.49. The van der Waals surface area contributed by atoms with Gasteiger partial charge in [-0.25, -0.2) is 4.39 Å². The normalized spacial score (nSPS) is 14.9. The van der Waals surface area contributed by atoms with Crippen molar-refractivity contribution in [1.29, 1.82) is 0 Å². The van der Waals surface area contributed by atoms with Gasteiger partial charge in [-0.1, -0.05) is 23.7 Å². The van der Waals surface area contributed by atoms with Crippen molar-refractivity contribution in [3.8, 4) is 5.75 Å². The van der Waals surface area contributed by atoms with Crippen LogP contribution in [0.2, 0.25) is 5.02 Å². The number of halogens is 2. The largest absolute Gasteiger partial charge is 0.506 e. The average Bonchev–Trinajstić information content (AvgIpc) is 2.57. The molecule has 1 heterocycles. The van der Waals surface area contributed by atoms with Crippen molar-refractivity contribution >= 4 is 23.2 Å². The number of amides is 1. The molecule has 1 fully saturated rings. The Morgan fingerprint density at radius 1 is 1.09 bits per heavy atom. The summed E-state index contributed by atoms with van der Waals surface area (Å²) < 4.78 is 13.8. The number of benzene rings is 2. The molecule has 1 saturated heterocycles. The third kappa shape index (κ3) is 3.24. The van der Waals surface area contributed by atoms with Crippen LogP contribution < -0.4 is 4.90 Å². The number of hydrogen-bond donors (Lipinski definition) is 1. The lowest BCUT2D eigenvalue weighted by molar-refractivity contribution is 0.0742. The standard InChI is InChI=1S/C17H16ClFN2O2/c18-12-5-6-14(19)13(11-12)17(23)21-9-7-20(8-10-21)15-3-1-2-4-16(15)22/h1-6,11,22H,7-10H2. The molecule has 1 aliphatic rings. The summed E-state index contributed by atoms with van der Waals surface area (Å²) in [6, 6.07) is 11.1. The molecular formula is C17H16ClFN2O2. The van der Waals surface area contributed by atoms with Gasteiger partial charge in [-0.05, 0) is 30.3 Å². The van der Waals surface area contributed by atoms with E-state index < -0.39 is 5.82 Å². The van der Waals surface area contributed by atoms with Gasteiger partial charge < -0.3 is 14.9 Å². The molecule has 1 N–H and O–H groups in total. The number of aromatic hydroxyl groups is 1. The molecule has 0 unspecified atom stereocenters. The molecule has 1 aliphatic heterocycles. The molecule has 3 rings (SSSR count). The second kappa shape index (κ2) is 6.46. The molecule has 6 heteroatoms. The monoisotopic (exact) mass is 334 g/mol. The van der Waals surface area contributed by atoms with Gasteiger partial charge in [0, 0.05) is 31.2 Å². The van der Waals surface area contributed by atoms with E-state index in [1.165, 1.54) is 18.2 Å². The van der Waals surface area contributed by atoms with E-state index in [1.54, 1.807) is 17.0 Å². The van der Waals surface area contributed by atoms with Crippen LogP contribution in [0.3, 0.4) is 0 Å². The van der Waals surface area contributed by atoms with Crippen LogP contribution in [0.1, 0.15) is 10.4 Å². The van der Waals surface area contributed by atoms with E-state index in [-0.39, 0.29) is 17.2 Å². The Labute approximate surface area is 138 Å². The van der Waals surface area contributed by atoms with Crippen molar-refractivity contribution in [2.45, 2.75) is 0 Å². The fourth-order valence-electron chi connectivity index (χ4n) is 2.71. The van der Waals surface area contributed by atoms with E-state index in [0.29, 0.717) is 31.2 Å². The summed E-state index contributed by atoms with van der Waals surface area (Å²) in [6.45, 7) is 2.06. The number of carbonyl (C=O) groups excluding carboxylic acids is 1. The summed E-state index contributed by atoms with van der Waals surface area (Å²) in [6.07, 6.45) is 0. The molecule has 0 spiro atoms. The Kier molecular flexibility index (Phi) is 4.39. The number of phenols is 1. The molecule has 0 radical (unpaired) electrons. The van der Waals surface area contributed by atoms with Crippen molar-refractivity contribution in [2.75, 3.05) is 31.1 Å². The minimum atomic E-state index is -0.567. The van der Waals surface area contributed by atoms with Crippen LogP contribution in [0, 0.1) is 5.82 Å². The van der Waals surface area contributed by atoms with Crippen molar-refractivity contribution < 1.29 is 14.3 Å². The lowest BCUT2D eigenvalue weighted by Gasteiger charge is -2.36. The zero-order valence-electron chi connectivity index (χ0n) is 12.4. The highest BCUT2D eigenvalue weighted by molar-refractivity contribution is 6.31.